The molecule has 0 radical (unpaired) electrons. The molecule has 2 aromatic rings. The minimum Gasteiger partial charge on any atom is -0.466 e. The van der Waals surface area contributed by atoms with Gasteiger partial charge in [-0.1, -0.05) is 55.9 Å². The largest absolute Gasteiger partial charge is 0.466 e. The van der Waals surface area contributed by atoms with Crippen LogP contribution in [0.5, 0.6) is 0 Å². The highest BCUT2D eigenvalue weighted by atomic mass is 32.1. The number of nitrogens with one attached hydrogen (secondary N) is 1. The van der Waals surface area contributed by atoms with E-state index >= 15 is 0 Å². The van der Waals surface area contributed by atoms with Crippen LogP contribution in [0, 0.1) is 11.3 Å². The molecule has 0 aromatic heterocycles. The SMILES string of the molecule is CCCC1=C(C)C(=S)NC(C)(CCCOC(C)=O)N1c1ccc(-c2ccccc2C#N)cc1. The summed E-state index contributed by atoms with van der Waals surface area (Å²) in [6.07, 6.45) is 3.38. The standard InChI is InChI=1S/C27H31N3O2S/c1-5-9-25-19(2)26(33)29-27(4,16-8-17-32-20(3)31)30(25)23-14-12-21(13-15-23)24-11-7-6-10-22(24)18-28/h6-7,10-15H,5,8-9,16-17H2,1-4H3,(H,29,33). The summed E-state index contributed by atoms with van der Waals surface area (Å²) >= 11 is 5.69. The lowest BCUT2D eigenvalue weighted by Gasteiger charge is -2.49. The number of hydrogen-bond donors (Lipinski definition) is 1. The Kier molecular flexibility index (Phi) is 7.88. The third kappa shape index (κ3) is 5.43. The maximum Gasteiger partial charge on any atom is 0.302 e. The van der Waals surface area contributed by atoms with E-state index in [9.17, 15) is 10.1 Å². The Morgan fingerprint density at radius 3 is 2.55 bits per heavy atom. The number of rotatable bonds is 8. The van der Waals surface area contributed by atoms with Crippen molar-refractivity contribution in [2.45, 2.75) is 59.0 Å². The molecule has 3 rings (SSSR count). The van der Waals surface area contributed by atoms with Crippen LogP contribution in [0.4, 0.5) is 5.69 Å². The molecule has 1 heterocycles. The van der Waals surface area contributed by atoms with Gasteiger partial charge in [0.15, 0.2) is 0 Å². The van der Waals surface area contributed by atoms with Gasteiger partial charge in [0.2, 0.25) is 0 Å². The molecule has 2 aromatic carbocycles. The van der Waals surface area contributed by atoms with E-state index in [1.807, 2.05) is 24.3 Å². The molecule has 0 bridgehead atoms. The second-order valence-corrected chi connectivity index (χ2v) is 8.94. The van der Waals surface area contributed by atoms with E-state index in [0.29, 0.717) is 18.6 Å². The summed E-state index contributed by atoms with van der Waals surface area (Å²) in [4.78, 5) is 14.3. The first-order valence-electron chi connectivity index (χ1n) is 11.4. The van der Waals surface area contributed by atoms with Gasteiger partial charge >= 0.3 is 5.97 Å². The summed E-state index contributed by atoms with van der Waals surface area (Å²) in [5.41, 5.74) is 5.49. The topological polar surface area (TPSA) is 65.4 Å². The van der Waals surface area contributed by atoms with Crippen molar-refractivity contribution in [3.63, 3.8) is 0 Å². The number of carbonyl (C=O) groups excluding carboxylic acids is 1. The van der Waals surface area contributed by atoms with Crippen molar-refractivity contribution in [2.24, 2.45) is 0 Å². The summed E-state index contributed by atoms with van der Waals surface area (Å²) < 4.78 is 5.17. The van der Waals surface area contributed by atoms with Crippen molar-refractivity contribution < 1.29 is 9.53 Å². The van der Waals surface area contributed by atoms with Crippen LogP contribution < -0.4 is 10.2 Å². The average molecular weight is 462 g/mol. The summed E-state index contributed by atoms with van der Waals surface area (Å²) in [5.74, 6) is -0.264. The molecule has 0 fully saturated rings. The molecule has 0 aliphatic carbocycles. The first kappa shape index (κ1) is 24.5. The summed E-state index contributed by atoms with van der Waals surface area (Å²) in [6, 6.07) is 18.3. The zero-order valence-electron chi connectivity index (χ0n) is 19.8. The molecule has 1 unspecified atom stereocenters. The van der Waals surface area contributed by atoms with Gasteiger partial charge in [0.25, 0.3) is 0 Å². The normalized spacial score (nSPS) is 18.0. The maximum absolute atomic E-state index is 11.2. The Morgan fingerprint density at radius 2 is 1.91 bits per heavy atom. The zero-order chi connectivity index (χ0) is 24.0. The number of esters is 1. The molecule has 0 spiro atoms. The van der Waals surface area contributed by atoms with Gasteiger partial charge in [0.05, 0.1) is 18.2 Å². The molecule has 1 aliphatic rings. The van der Waals surface area contributed by atoms with Gasteiger partial charge in [-0.15, -0.1) is 0 Å². The Balaban J connectivity index is 1.99. The highest BCUT2D eigenvalue weighted by Crippen LogP contribution is 2.38. The van der Waals surface area contributed by atoms with Crippen LogP contribution >= 0.6 is 12.2 Å². The number of anilines is 1. The van der Waals surface area contributed by atoms with Crippen molar-refractivity contribution in [3.8, 4) is 17.2 Å². The third-order valence-corrected chi connectivity index (χ3v) is 6.41. The smallest absolute Gasteiger partial charge is 0.302 e. The monoisotopic (exact) mass is 461 g/mol. The number of hydrogen-bond acceptors (Lipinski definition) is 5. The van der Waals surface area contributed by atoms with Crippen LogP contribution in [0.3, 0.4) is 0 Å². The van der Waals surface area contributed by atoms with Crippen molar-refractivity contribution in [3.05, 3.63) is 65.4 Å². The average Bonchev–Trinajstić information content (AvgIpc) is 2.80. The Hall–Kier alpha value is -3.17. The van der Waals surface area contributed by atoms with Gasteiger partial charge < -0.3 is 15.0 Å². The van der Waals surface area contributed by atoms with Crippen LogP contribution in [0.2, 0.25) is 0 Å². The van der Waals surface area contributed by atoms with E-state index in [0.717, 1.165) is 46.6 Å². The summed E-state index contributed by atoms with van der Waals surface area (Å²) in [7, 11) is 0. The number of nitriles is 1. The van der Waals surface area contributed by atoms with Crippen molar-refractivity contribution in [1.82, 2.24) is 5.32 Å². The summed E-state index contributed by atoms with van der Waals surface area (Å²) in [5, 5.41) is 13.0. The molecule has 1 aliphatic heterocycles. The van der Waals surface area contributed by atoms with Crippen molar-refractivity contribution >= 4 is 28.9 Å². The van der Waals surface area contributed by atoms with Crippen LogP contribution in [0.15, 0.2) is 59.8 Å². The summed E-state index contributed by atoms with van der Waals surface area (Å²) in [6.45, 7) is 8.20. The van der Waals surface area contributed by atoms with Crippen LogP contribution in [0.1, 0.15) is 58.9 Å². The van der Waals surface area contributed by atoms with Gasteiger partial charge in [-0.2, -0.15) is 5.26 Å². The quantitative estimate of drug-likeness (QED) is 0.291. The van der Waals surface area contributed by atoms with E-state index in [4.69, 9.17) is 17.0 Å². The number of benzene rings is 2. The molecule has 0 saturated heterocycles. The molecule has 0 amide bonds. The number of nitrogens with zero attached hydrogens (tertiary/aromatic N) is 2. The van der Waals surface area contributed by atoms with Gasteiger partial charge in [-0.3, -0.25) is 4.79 Å². The first-order valence-corrected chi connectivity index (χ1v) is 11.8. The Morgan fingerprint density at radius 1 is 1.21 bits per heavy atom. The Labute approximate surface area is 202 Å². The first-order chi connectivity index (χ1) is 15.8. The minimum atomic E-state index is -0.451. The number of thiocarbonyl (C=S) groups is 1. The van der Waals surface area contributed by atoms with Crippen LogP contribution in [-0.2, 0) is 9.53 Å². The molecular weight excluding hydrogens is 430 g/mol. The molecule has 33 heavy (non-hydrogen) atoms. The minimum absolute atomic E-state index is 0.264. The predicted octanol–water partition coefficient (Wildman–Crippen LogP) is 6.10. The molecule has 0 saturated carbocycles. The van der Waals surface area contributed by atoms with Crippen LogP contribution in [-0.4, -0.2) is 23.2 Å². The van der Waals surface area contributed by atoms with Crippen molar-refractivity contribution in [2.75, 3.05) is 11.5 Å². The van der Waals surface area contributed by atoms with Crippen LogP contribution in [0.25, 0.3) is 11.1 Å². The molecule has 1 atom stereocenters. The highest BCUT2D eigenvalue weighted by molar-refractivity contribution is 7.80. The predicted molar refractivity (Wildman–Crippen MR) is 137 cm³/mol. The van der Waals surface area contributed by atoms with E-state index in [2.05, 4.69) is 61.3 Å². The highest BCUT2D eigenvalue weighted by Gasteiger charge is 2.39. The lowest BCUT2D eigenvalue weighted by atomic mass is 9.94. The second kappa shape index (κ2) is 10.6. The van der Waals surface area contributed by atoms with Gasteiger partial charge in [-0.05, 0) is 62.4 Å². The fraction of sp³-hybridized carbons (Fsp3) is 0.370. The molecule has 172 valence electrons. The fourth-order valence-corrected chi connectivity index (χ4v) is 4.73. The third-order valence-electron chi connectivity index (χ3n) is 6.00. The maximum atomic E-state index is 11.2. The van der Waals surface area contributed by atoms with Gasteiger partial charge in [-0.25, -0.2) is 0 Å². The van der Waals surface area contributed by atoms with Gasteiger partial charge in [0, 0.05) is 23.9 Å². The van der Waals surface area contributed by atoms with E-state index in [1.165, 1.54) is 12.6 Å². The lowest BCUT2D eigenvalue weighted by Crippen LogP contribution is -2.62. The van der Waals surface area contributed by atoms with E-state index < -0.39 is 5.66 Å². The zero-order valence-corrected chi connectivity index (χ0v) is 20.6. The lowest BCUT2D eigenvalue weighted by molar-refractivity contribution is -0.141. The molecule has 5 nitrogen and oxygen atoms in total. The molecular formula is C27H31N3O2S. The fourth-order valence-electron chi connectivity index (χ4n) is 4.40. The molecule has 6 heteroatoms. The van der Waals surface area contributed by atoms with E-state index in [-0.39, 0.29) is 5.97 Å². The Bertz CT molecular complexity index is 1100. The van der Waals surface area contributed by atoms with Crippen molar-refractivity contribution in [1.29, 1.82) is 5.26 Å². The van der Waals surface area contributed by atoms with Gasteiger partial charge in [0.1, 0.15) is 10.7 Å². The number of carbonyl (C=O) groups is 1. The molecule has 1 N–H and O–H groups in total. The number of allylic oxidation sites excluding steroid dienone is 1. The number of ether oxygens (including phenoxy) is 1. The van der Waals surface area contributed by atoms with E-state index in [1.54, 1.807) is 0 Å². The second-order valence-electron chi connectivity index (χ2n) is 8.53.